The van der Waals surface area contributed by atoms with Crippen molar-refractivity contribution in [2.75, 3.05) is 0 Å². The molecular formula is C22H21Cl2N3O. The number of nitrogens with one attached hydrogen (secondary N) is 1. The number of hydrogen-bond acceptors (Lipinski definition) is 2. The third kappa shape index (κ3) is 4.08. The van der Waals surface area contributed by atoms with E-state index < -0.39 is 0 Å². The molecule has 0 saturated heterocycles. The molecule has 0 radical (unpaired) electrons. The largest absolute Gasteiger partial charge is 0.345 e. The first-order chi connectivity index (χ1) is 13.5. The molecule has 1 unspecified atom stereocenters. The third-order valence-corrected chi connectivity index (χ3v) is 5.71. The second-order valence-electron chi connectivity index (χ2n) is 7.23. The van der Waals surface area contributed by atoms with E-state index in [-0.39, 0.29) is 11.9 Å². The van der Waals surface area contributed by atoms with E-state index in [9.17, 15) is 4.79 Å². The molecule has 4 nitrogen and oxygen atoms in total. The molecule has 3 aromatic rings. The summed E-state index contributed by atoms with van der Waals surface area (Å²) in [5.74, 6) is 0.261. The fraction of sp³-hybridized carbons (Fsp3) is 0.273. The lowest BCUT2D eigenvalue weighted by molar-refractivity contribution is 0.0931. The Balaban J connectivity index is 1.56. The van der Waals surface area contributed by atoms with Gasteiger partial charge >= 0.3 is 0 Å². The minimum atomic E-state index is -0.186. The smallest absolute Gasteiger partial charge is 0.256 e. The van der Waals surface area contributed by atoms with Crippen molar-refractivity contribution in [1.29, 1.82) is 0 Å². The normalized spacial score (nSPS) is 14.7. The van der Waals surface area contributed by atoms with Crippen molar-refractivity contribution >= 4 is 29.1 Å². The van der Waals surface area contributed by atoms with Gasteiger partial charge in [0.25, 0.3) is 5.91 Å². The minimum absolute atomic E-state index is 0.0438. The molecule has 1 fully saturated rings. The molecule has 1 aliphatic rings. The van der Waals surface area contributed by atoms with Gasteiger partial charge in [-0.15, -0.1) is 0 Å². The van der Waals surface area contributed by atoms with Gasteiger partial charge in [0.05, 0.1) is 23.8 Å². The maximum Gasteiger partial charge on any atom is 0.256 e. The number of benzene rings is 2. The molecule has 0 spiro atoms. The van der Waals surface area contributed by atoms with Crippen LogP contribution in [0, 0.1) is 12.8 Å². The van der Waals surface area contributed by atoms with Crippen molar-refractivity contribution in [3.63, 3.8) is 0 Å². The lowest BCUT2D eigenvalue weighted by Gasteiger charge is -2.19. The van der Waals surface area contributed by atoms with Gasteiger partial charge in [-0.1, -0.05) is 65.7 Å². The number of nitrogens with zero attached hydrogens (tertiary/aromatic N) is 2. The Kier molecular flexibility index (Phi) is 5.42. The van der Waals surface area contributed by atoms with Crippen molar-refractivity contribution in [2.45, 2.75) is 32.4 Å². The molecule has 1 N–H and O–H groups in total. The summed E-state index contributed by atoms with van der Waals surface area (Å²) in [5.41, 5.74) is 3.21. The Bertz CT molecular complexity index is 979. The molecule has 2 aromatic carbocycles. The van der Waals surface area contributed by atoms with Gasteiger partial charge in [0.2, 0.25) is 0 Å². The zero-order valence-corrected chi connectivity index (χ0v) is 17.0. The zero-order valence-electron chi connectivity index (χ0n) is 15.5. The van der Waals surface area contributed by atoms with Gasteiger partial charge in [0, 0.05) is 5.02 Å². The highest BCUT2D eigenvalue weighted by molar-refractivity contribution is 6.33. The van der Waals surface area contributed by atoms with Crippen LogP contribution in [-0.2, 0) is 6.54 Å². The van der Waals surface area contributed by atoms with Crippen LogP contribution in [0.4, 0.5) is 0 Å². The topological polar surface area (TPSA) is 46.9 Å². The van der Waals surface area contributed by atoms with Crippen molar-refractivity contribution in [1.82, 2.24) is 15.1 Å². The van der Waals surface area contributed by atoms with E-state index in [1.807, 2.05) is 61.5 Å². The Labute approximate surface area is 174 Å². The number of aryl methyl sites for hydroxylation is 1. The first-order valence-corrected chi connectivity index (χ1v) is 10.1. The maximum atomic E-state index is 13.1. The predicted molar refractivity (Wildman–Crippen MR) is 112 cm³/mol. The van der Waals surface area contributed by atoms with Crippen LogP contribution in [0.2, 0.25) is 10.2 Å². The summed E-state index contributed by atoms with van der Waals surface area (Å²) >= 11 is 12.6. The SMILES string of the molecule is Cc1nn(Cc2ccccc2)c(Cl)c1C(=O)NC(c1ccc(Cl)cc1)C1CC1. The molecule has 1 atom stereocenters. The average molecular weight is 414 g/mol. The molecule has 1 aromatic heterocycles. The van der Waals surface area contributed by atoms with E-state index in [2.05, 4.69) is 10.4 Å². The Morgan fingerprint density at radius 2 is 1.82 bits per heavy atom. The number of halogens is 2. The molecule has 1 saturated carbocycles. The fourth-order valence-electron chi connectivity index (χ4n) is 3.46. The number of aromatic nitrogens is 2. The van der Waals surface area contributed by atoms with Crippen LogP contribution in [0.3, 0.4) is 0 Å². The van der Waals surface area contributed by atoms with Crippen LogP contribution in [0.5, 0.6) is 0 Å². The number of rotatable bonds is 6. The van der Waals surface area contributed by atoms with E-state index in [0.717, 1.165) is 24.0 Å². The van der Waals surface area contributed by atoms with Crippen LogP contribution in [-0.4, -0.2) is 15.7 Å². The summed E-state index contributed by atoms with van der Waals surface area (Å²) in [7, 11) is 0. The molecule has 1 aliphatic carbocycles. The van der Waals surface area contributed by atoms with E-state index in [0.29, 0.717) is 33.9 Å². The first kappa shape index (κ1) is 19.0. The second kappa shape index (κ2) is 7.98. The summed E-state index contributed by atoms with van der Waals surface area (Å²) in [5, 5.41) is 8.71. The van der Waals surface area contributed by atoms with E-state index in [1.165, 1.54) is 0 Å². The van der Waals surface area contributed by atoms with Crippen molar-refractivity contribution < 1.29 is 4.79 Å². The lowest BCUT2D eigenvalue weighted by atomic mass is 10.0. The average Bonchev–Trinajstić information content (AvgIpc) is 3.48. The first-order valence-electron chi connectivity index (χ1n) is 9.36. The molecule has 0 aliphatic heterocycles. The zero-order chi connectivity index (χ0) is 19.7. The molecule has 6 heteroatoms. The maximum absolute atomic E-state index is 13.1. The third-order valence-electron chi connectivity index (χ3n) is 5.08. The Morgan fingerprint density at radius 1 is 1.14 bits per heavy atom. The minimum Gasteiger partial charge on any atom is -0.345 e. The summed E-state index contributed by atoms with van der Waals surface area (Å²) in [6, 6.07) is 17.5. The van der Waals surface area contributed by atoms with Crippen molar-refractivity contribution in [3.8, 4) is 0 Å². The molecule has 4 rings (SSSR count). The standard InChI is InChI=1S/C22H21Cl2N3O/c1-14-19(21(24)27(26-14)13-15-5-3-2-4-6-15)22(28)25-20(16-7-8-16)17-9-11-18(23)12-10-17/h2-6,9-12,16,20H,7-8,13H2,1H3,(H,25,28). The van der Waals surface area contributed by atoms with Gasteiger partial charge in [0.1, 0.15) is 5.15 Å². The Hall–Kier alpha value is -2.30. The number of hydrogen-bond donors (Lipinski definition) is 1. The van der Waals surface area contributed by atoms with Gasteiger partial charge in [-0.2, -0.15) is 5.10 Å². The van der Waals surface area contributed by atoms with Crippen molar-refractivity contribution in [2.24, 2.45) is 5.92 Å². The molecule has 144 valence electrons. The summed E-state index contributed by atoms with van der Waals surface area (Å²) < 4.78 is 1.68. The monoisotopic (exact) mass is 413 g/mol. The lowest BCUT2D eigenvalue weighted by Crippen LogP contribution is -2.30. The Morgan fingerprint density at radius 3 is 2.46 bits per heavy atom. The number of carbonyl (C=O) groups is 1. The fourth-order valence-corrected chi connectivity index (χ4v) is 3.90. The molecule has 1 amide bonds. The van der Waals surface area contributed by atoms with Gasteiger partial charge < -0.3 is 5.32 Å². The molecule has 28 heavy (non-hydrogen) atoms. The van der Waals surface area contributed by atoms with Crippen LogP contribution >= 0.6 is 23.2 Å². The van der Waals surface area contributed by atoms with Crippen molar-refractivity contribution in [3.05, 3.63) is 87.2 Å². The second-order valence-corrected chi connectivity index (χ2v) is 8.03. The summed E-state index contributed by atoms with van der Waals surface area (Å²) in [6.45, 7) is 2.34. The van der Waals surface area contributed by atoms with Gasteiger partial charge in [0.15, 0.2) is 0 Å². The van der Waals surface area contributed by atoms with Crippen LogP contribution in [0.25, 0.3) is 0 Å². The van der Waals surface area contributed by atoms with Crippen LogP contribution < -0.4 is 5.32 Å². The van der Waals surface area contributed by atoms with Gasteiger partial charge in [-0.25, -0.2) is 4.68 Å². The van der Waals surface area contributed by atoms with E-state index in [1.54, 1.807) is 4.68 Å². The predicted octanol–water partition coefficient (Wildman–Crippen LogP) is 5.43. The van der Waals surface area contributed by atoms with Crippen LogP contribution in [0.15, 0.2) is 54.6 Å². The van der Waals surface area contributed by atoms with Gasteiger partial charge in [-0.3, -0.25) is 4.79 Å². The van der Waals surface area contributed by atoms with Gasteiger partial charge in [-0.05, 0) is 48.9 Å². The highest BCUT2D eigenvalue weighted by Crippen LogP contribution is 2.41. The quantitative estimate of drug-likeness (QED) is 0.585. The van der Waals surface area contributed by atoms with E-state index >= 15 is 0 Å². The summed E-state index contributed by atoms with van der Waals surface area (Å²) in [6.07, 6.45) is 2.21. The molecule has 0 bridgehead atoms. The summed E-state index contributed by atoms with van der Waals surface area (Å²) in [4.78, 5) is 13.1. The number of carbonyl (C=O) groups excluding carboxylic acids is 1. The highest BCUT2D eigenvalue weighted by Gasteiger charge is 2.34. The molecular weight excluding hydrogens is 393 g/mol. The van der Waals surface area contributed by atoms with Crippen LogP contribution in [0.1, 0.15) is 46.1 Å². The number of amides is 1. The highest BCUT2D eigenvalue weighted by atomic mass is 35.5. The molecule has 1 heterocycles. The van der Waals surface area contributed by atoms with E-state index in [4.69, 9.17) is 23.2 Å².